The van der Waals surface area contributed by atoms with Gasteiger partial charge in [-0.2, -0.15) is 4.98 Å². The summed E-state index contributed by atoms with van der Waals surface area (Å²) < 4.78 is 0. The van der Waals surface area contributed by atoms with E-state index >= 15 is 0 Å². The average molecular weight is 361 g/mol. The molecule has 1 unspecified atom stereocenters. The van der Waals surface area contributed by atoms with Crippen LogP contribution in [0.3, 0.4) is 0 Å². The lowest BCUT2D eigenvalue weighted by Crippen LogP contribution is -2.20. The molecule has 0 bridgehead atoms. The fourth-order valence-electron chi connectivity index (χ4n) is 3.89. The molecule has 3 aromatic rings. The number of anilines is 2. The Bertz CT molecular complexity index is 870. The largest absolute Gasteiger partial charge is 0.363 e. The van der Waals surface area contributed by atoms with E-state index in [1.165, 1.54) is 44.1 Å². The minimum Gasteiger partial charge on any atom is -0.363 e. The first kappa shape index (κ1) is 17.8. The van der Waals surface area contributed by atoms with E-state index in [0.717, 1.165) is 22.7 Å². The van der Waals surface area contributed by atoms with Gasteiger partial charge in [-0.25, -0.2) is 4.98 Å². The number of rotatable bonds is 5. The quantitative estimate of drug-likeness (QED) is 0.553. The second-order valence-electron chi connectivity index (χ2n) is 7.52. The number of nitrogens with one attached hydrogen (secondary N) is 2. The molecule has 2 N–H and O–H groups in total. The minimum atomic E-state index is 0.176. The van der Waals surface area contributed by atoms with E-state index in [1.807, 2.05) is 18.2 Å². The highest BCUT2D eigenvalue weighted by Crippen LogP contribution is 2.27. The second-order valence-corrected chi connectivity index (χ2v) is 7.52. The van der Waals surface area contributed by atoms with Gasteiger partial charge in [-0.1, -0.05) is 68.1 Å². The van der Waals surface area contributed by atoms with Crippen molar-refractivity contribution in [2.75, 3.05) is 10.6 Å². The molecule has 140 valence electrons. The van der Waals surface area contributed by atoms with Crippen molar-refractivity contribution in [2.45, 2.75) is 57.5 Å². The Morgan fingerprint density at radius 2 is 1.56 bits per heavy atom. The molecule has 0 spiro atoms. The van der Waals surface area contributed by atoms with Crippen LogP contribution in [0.5, 0.6) is 0 Å². The van der Waals surface area contributed by atoms with Gasteiger partial charge in [-0.15, -0.1) is 0 Å². The molecule has 1 aliphatic carbocycles. The monoisotopic (exact) mass is 360 g/mol. The van der Waals surface area contributed by atoms with Crippen molar-refractivity contribution in [3.05, 3.63) is 60.2 Å². The highest BCUT2D eigenvalue weighted by molar-refractivity contribution is 5.90. The van der Waals surface area contributed by atoms with E-state index < -0.39 is 0 Å². The zero-order valence-corrected chi connectivity index (χ0v) is 16.0. The van der Waals surface area contributed by atoms with Crippen LogP contribution in [0.1, 0.15) is 57.1 Å². The van der Waals surface area contributed by atoms with E-state index in [9.17, 15) is 0 Å². The highest BCUT2D eigenvalue weighted by atomic mass is 15.2. The lowest BCUT2D eigenvalue weighted by molar-refractivity contribution is 0.615. The molecule has 1 aliphatic rings. The van der Waals surface area contributed by atoms with Crippen molar-refractivity contribution in [2.24, 2.45) is 0 Å². The first-order valence-electron chi connectivity index (χ1n) is 10.1. The Morgan fingerprint density at radius 1 is 0.852 bits per heavy atom. The van der Waals surface area contributed by atoms with Gasteiger partial charge in [0.05, 0.1) is 5.52 Å². The Kier molecular flexibility index (Phi) is 5.52. The molecule has 1 heterocycles. The highest BCUT2D eigenvalue weighted by Gasteiger charge is 2.16. The maximum absolute atomic E-state index is 4.86. The molecule has 1 fully saturated rings. The molecule has 27 heavy (non-hydrogen) atoms. The Balaban J connectivity index is 1.62. The number of nitrogens with zero attached hydrogens (tertiary/aromatic N) is 2. The van der Waals surface area contributed by atoms with Crippen LogP contribution >= 0.6 is 0 Å². The number of hydrogen-bond acceptors (Lipinski definition) is 4. The van der Waals surface area contributed by atoms with E-state index in [2.05, 4.69) is 54.0 Å². The van der Waals surface area contributed by atoms with Gasteiger partial charge in [0.1, 0.15) is 5.82 Å². The van der Waals surface area contributed by atoms with Crippen LogP contribution < -0.4 is 10.6 Å². The first-order valence-corrected chi connectivity index (χ1v) is 10.1. The van der Waals surface area contributed by atoms with Gasteiger partial charge in [0, 0.05) is 17.5 Å². The molecule has 0 amide bonds. The predicted molar refractivity (Wildman–Crippen MR) is 113 cm³/mol. The van der Waals surface area contributed by atoms with Gasteiger partial charge in [-0.05, 0) is 37.5 Å². The van der Waals surface area contributed by atoms with Crippen molar-refractivity contribution < 1.29 is 0 Å². The van der Waals surface area contributed by atoms with Crippen molar-refractivity contribution >= 4 is 22.7 Å². The number of benzene rings is 2. The summed E-state index contributed by atoms with van der Waals surface area (Å²) in [6.07, 6.45) is 7.69. The van der Waals surface area contributed by atoms with Gasteiger partial charge < -0.3 is 10.6 Å². The number of para-hydroxylation sites is 1. The lowest BCUT2D eigenvalue weighted by Gasteiger charge is -2.20. The van der Waals surface area contributed by atoms with Crippen molar-refractivity contribution in [3.8, 4) is 0 Å². The Morgan fingerprint density at radius 3 is 2.33 bits per heavy atom. The van der Waals surface area contributed by atoms with Crippen LogP contribution in [0.25, 0.3) is 10.9 Å². The van der Waals surface area contributed by atoms with Crippen molar-refractivity contribution in [3.63, 3.8) is 0 Å². The standard InChI is InChI=1S/C23H28N4/c1-17(18-11-5-4-6-12-18)24-22-20-15-9-10-16-21(20)26-23(27-22)25-19-13-7-2-3-8-14-19/h4-6,9-12,15-17,19H,2-3,7-8,13-14H2,1H3,(H2,24,25,26,27). The Labute approximate surface area is 161 Å². The maximum atomic E-state index is 4.86. The number of hydrogen-bond donors (Lipinski definition) is 2. The summed E-state index contributed by atoms with van der Waals surface area (Å²) in [5.74, 6) is 1.64. The topological polar surface area (TPSA) is 49.8 Å². The fraction of sp³-hybridized carbons (Fsp3) is 0.391. The third-order valence-corrected chi connectivity index (χ3v) is 5.44. The van der Waals surface area contributed by atoms with Crippen LogP contribution in [-0.2, 0) is 0 Å². The maximum Gasteiger partial charge on any atom is 0.225 e. The molecular formula is C23H28N4. The molecule has 1 aromatic heterocycles. The molecule has 0 aliphatic heterocycles. The summed E-state index contributed by atoms with van der Waals surface area (Å²) in [5, 5.41) is 8.27. The van der Waals surface area contributed by atoms with Gasteiger partial charge in [0.25, 0.3) is 0 Å². The zero-order valence-electron chi connectivity index (χ0n) is 16.0. The first-order chi connectivity index (χ1) is 13.3. The Hall–Kier alpha value is -2.62. The molecule has 4 nitrogen and oxygen atoms in total. The van der Waals surface area contributed by atoms with Gasteiger partial charge in [-0.3, -0.25) is 0 Å². The minimum absolute atomic E-state index is 0.176. The average Bonchev–Trinajstić information content (AvgIpc) is 2.97. The molecule has 0 radical (unpaired) electrons. The molecule has 1 atom stereocenters. The van der Waals surface area contributed by atoms with E-state index in [4.69, 9.17) is 9.97 Å². The molecule has 4 heteroatoms. The number of fused-ring (bicyclic) bond motifs is 1. The van der Waals surface area contributed by atoms with Crippen LogP contribution in [0.2, 0.25) is 0 Å². The summed E-state index contributed by atoms with van der Waals surface area (Å²) in [5.41, 5.74) is 2.23. The van der Waals surface area contributed by atoms with Crippen LogP contribution in [-0.4, -0.2) is 16.0 Å². The van der Waals surface area contributed by atoms with Crippen molar-refractivity contribution in [1.82, 2.24) is 9.97 Å². The fourth-order valence-corrected chi connectivity index (χ4v) is 3.89. The third kappa shape index (κ3) is 4.38. The van der Waals surface area contributed by atoms with Crippen LogP contribution in [0.15, 0.2) is 54.6 Å². The third-order valence-electron chi connectivity index (χ3n) is 5.44. The smallest absolute Gasteiger partial charge is 0.225 e. The van der Waals surface area contributed by atoms with E-state index in [0.29, 0.717) is 6.04 Å². The van der Waals surface area contributed by atoms with Crippen LogP contribution in [0.4, 0.5) is 11.8 Å². The predicted octanol–water partition coefficient (Wildman–Crippen LogP) is 5.94. The summed E-state index contributed by atoms with van der Waals surface area (Å²) in [6.45, 7) is 2.17. The summed E-state index contributed by atoms with van der Waals surface area (Å²) in [6, 6.07) is 19.4. The van der Waals surface area contributed by atoms with Gasteiger partial charge in [0.15, 0.2) is 0 Å². The van der Waals surface area contributed by atoms with Crippen molar-refractivity contribution in [1.29, 1.82) is 0 Å². The molecule has 1 saturated carbocycles. The molecule has 2 aromatic carbocycles. The van der Waals surface area contributed by atoms with Gasteiger partial charge in [0.2, 0.25) is 5.95 Å². The number of aromatic nitrogens is 2. The lowest BCUT2D eigenvalue weighted by atomic mass is 10.1. The van der Waals surface area contributed by atoms with Crippen LogP contribution in [0, 0.1) is 0 Å². The second kappa shape index (κ2) is 8.38. The van der Waals surface area contributed by atoms with E-state index in [-0.39, 0.29) is 6.04 Å². The molecule has 4 rings (SSSR count). The zero-order chi connectivity index (χ0) is 18.5. The molecular weight excluding hydrogens is 332 g/mol. The summed E-state index contributed by atoms with van der Waals surface area (Å²) >= 11 is 0. The summed E-state index contributed by atoms with van der Waals surface area (Å²) in [7, 11) is 0. The SMILES string of the molecule is CC(Nc1nc(NC2CCCCCC2)nc2ccccc12)c1ccccc1. The van der Waals surface area contributed by atoms with Gasteiger partial charge >= 0.3 is 0 Å². The van der Waals surface area contributed by atoms with E-state index in [1.54, 1.807) is 0 Å². The summed E-state index contributed by atoms with van der Waals surface area (Å²) in [4.78, 5) is 9.64. The molecule has 0 saturated heterocycles. The normalized spacial score (nSPS) is 16.6.